The first-order valence-corrected chi connectivity index (χ1v) is 6.13. The van der Waals surface area contributed by atoms with E-state index in [-0.39, 0.29) is 11.3 Å². The van der Waals surface area contributed by atoms with Crippen LogP contribution in [0.1, 0.15) is 15.9 Å². The number of benzene rings is 1. The largest absolute Gasteiger partial charge is 0.478 e. The summed E-state index contributed by atoms with van der Waals surface area (Å²) in [6.45, 7) is 0. The molecule has 0 saturated carbocycles. The standard InChI is InChI=1S/C11H11N3O3S/c1-14-10(17)12-13-11(14)18-6-7-2-4-8(5-3-7)9(15)16/h2-5H,6H2,1H3,(H,12,17)(H,15,16). The van der Waals surface area contributed by atoms with Gasteiger partial charge in [0.05, 0.1) is 5.56 Å². The minimum atomic E-state index is -0.941. The molecule has 0 bridgehead atoms. The van der Waals surface area contributed by atoms with E-state index in [0.29, 0.717) is 10.9 Å². The maximum Gasteiger partial charge on any atom is 0.343 e. The van der Waals surface area contributed by atoms with Crippen molar-refractivity contribution in [1.29, 1.82) is 0 Å². The third-order valence-corrected chi connectivity index (χ3v) is 3.51. The third-order valence-electron chi connectivity index (χ3n) is 2.41. The zero-order chi connectivity index (χ0) is 13.1. The molecule has 2 N–H and O–H groups in total. The Morgan fingerprint density at radius 2 is 2.11 bits per heavy atom. The molecular weight excluding hydrogens is 254 g/mol. The lowest BCUT2D eigenvalue weighted by Crippen LogP contribution is -2.12. The van der Waals surface area contributed by atoms with Crippen LogP contribution in [0.5, 0.6) is 0 Å². The van der Waals surface area contributed by atoms with Crippen LogP contribution in [0.15, 0.2) is 34.2 Å². The van der Waals surface area contributed by atoms with E-state index < -0.39 is 5.97 Å². The lowest BCUT2D eigenvalue weighted by atomic mass is 10.1. The number of H-pyrrole nitrogens is 1. The van der Waals surface area contributed by atoms with Crippen molar-refractivity contribution in [2.24, 2.45) is 7.05 Å². The zero-order valence-corrected chi connectivity index (χ0v) is 10.4. The summed E-state index contributed by atoms with van der Waals surface area (Å²) in [6.07, 6.45) is 0. The number of nitrogens with zero attached hydrogens (tertiary/aromatic N) is 2. The van der Waals surface area contributed by atoms with E-state index in [1.807, 2.05) is 0 Å². The summed E-state index contributed by atoms with van der Waals surface area (Å²) >= 11 is 1.41. The second kappa shape index (κ2) is 5.09. The van der Waals surface area contributed by atoms with Gasteiger partial charge < -0.3 is 5.11 Å². The minimum absolute atomic E-state index is 0.251. The topological polar surface area (TPSA) is 88.0 Å². The number of rotatable bonds is 4. The molecule has 0 aliphatic rings. The number of aromatic amines is 1. The van der Waals surface area contributed by atoms with E-state index in [2.05, 4.69) is 10.2 Å². The highest BCUT2D eigenvalue weighted by Crippen LogP contribution is 2.19. The molecule has 1 heterocycles. The Balaban J connectivity index is 2.04. The number of hydrogen-bond donors (Lipinski definition) is 2. The number of thioether (sulfide) groups is 1. The molecule has 0 spiro atoms. The molecular formula is C11H11N3O3S. The summed E-state index contributed by atoms with van der Waals surface area (Å²) in [5.74, 6) is -0.318. The predicted octanol–water partition coefficient (Wildman–Crippen LogP) is 1.10. The lowest BCUT2D eigenvalue weighted by Gasteiger charge is -2.01. The van der Waals surface area contributed by atoms with Crippen molar-refractivity contribution in [2.75, 3.05) is 0 Å². The van der Waals surface area contributed by atoms with Crippen LogP contribution in [-0.4, -0.2) is 25.8 Å². The van der Waals surface area contributed by atoms with E-state index in [4.69, 9.17) is 5.11 Å². The summed E-state index contributed by atoms with van der Waals surface area (Å²) in [7, 11) is 1.64. The van der Waals surface area contributed by atoms with Crippen molar-refractivity contribution in [2.45, 2.75) is 10.9 Å². The average Bonchev–Trinajstić information content (AvgIpc) is 2.68. The first kappa shape index (κ1) is 12.4. The molecule has 94 valence electrons. The quantitative estimate of drug-likeness (QED) is 0.808. The minimum Gasteiger partial charge on any atom is -0.478 e. The number of carboxylic acid groups (broad SMARTS) is 1. The molecule has 0 aliphatic heterocycles. The molecule has 0 unspecified atom stereocenters. The molecule has 18 heavy (non-hydrogen) atoms. The summed E-state index contributed by atoms with van der Waals surface area (Å²) in [6, 6.07) is 6.62. The van der Waals surface area contributed by atoms with Crippen LogP contribution in [0.4, 0.5) is 0 Å². The molecule has 1 aromatic heterocycles. The smallest absolute Gasteiger partial charge is 0.343 e. The summed E-state index contributed by atoms with van der Waals surface area (Å²) < 4.78 is 1.43. The van der Waals surface area contributed by atoms with E-state index in [1.165, 1.54) is 16.3 Å². The highest BCUT2D eigenvalue weighted by Gasteiger charge is 2.06. The Bertz CT molecular complexity index is 615. The first-order valence-electron chi connectivity index (χ1n) is 5.14. The van der Waals surface area contributed by atoms with Crippen molar-refractivity contribution < 1.29 is 9.90 Å². The van der Waals surface area contributed by atoms with E-state index in [9.17, 15) is 9.59 Å². The maximum atomic E-state index is 11.1. The van der Waals surface area contributed by atoms with Gasteiger partial charge in [0.1, 0.15) is 0 Å². The Kier molecular flexibility index (Phi) is 3.52. The van der Waals surface area contributed by atoms with Crippen LogP contribution in [0.2, 0.25) is 0 Å². The van der Waals surface area contributed by atoms with Gasteiger partial charge in [-0.25, -0.2) is 14.7 Å². The summed E-state index contributed by atoms with van der Waals surface area (Å²) in [5, 5.41) is 15.6. The number of nitrogens with one attached hydrogen (secondary N) is 1. The van der Waals surface area contributed by atoms with E-state index >= 15 is 0 Å². The summed E-state index contributed by atoms with van der Waals surface area (Å²) in [4.78, 5) is 21.8. The highest BCUT2D eigenvalue weighted by atomic mass is 32.2. The molecule has 1 aromatic carbocycles. The van der Waals surface area contributed by atoms with Gasteiger partial charge in [-0.05, 0) is 17.7 Å². The molecule has 6 nitrogen and oxygen atoms in total. The normalized spacial score (nSPS) is 10.5. The molecule has 0 saturated heterocycles. The second-order valence-corrected chi connectivity index (χ2v) is 4.60. The highest BCUT2D eigenvalue weighted by molar-refractivity contribution is 7.98. The van der Waals surface area contributed by atoms with Gasteiger partial charge in [0, 0.05) is 12.8 Å². The average molecular weight is 265 g/mol. The van der Waals surface area contributed by atoms with Crippen LogP contribution in [0.3, 0.4) is 0 Å². The fourth-order valence-corrected chi connectivity index (χ4v) is 2.23. The molecule has 0 atom stereocenters. The van der Waals surface area contributed by atoms with Gasteiger partial charge in [-0.1, -0.05) is 23.9 Å². The second-order valence-electron chi connectivity index (χ2n) is 3.66. The van der Waals surface area contributed by atoms with E-state index in [1.54, 1.807) is 31.3 Å². The number of aromatic carboxylic acids is 1. The lowest BCUT2D eigenvalue weighted by molar-refractivity contribution is 0.0697. The van der Waals surface area contributed by atoms with Crippen LogP contribution >= 0.6 is 11.8 Å². The van der Waals surface area contributed by atoms with Crippen LogP contribution in [0, 0.1) is 0 Å². The van der Waals surface area contributed by atoms with Crippen LogP contribution in [0.25, 0.3) is 0 Å². The third kappa shape index (κ3) is 2.62. The Morgan fingerprint density at radius 1 is 1.44 bits per heavy atom. The van der Waals surface area contributed by atoms with Gasteiger partial charge in [-0.15, -0.1) is 5.10 Å². The van der Waals surface area contributed by atoms with Crippen molar-refractivity contribution in [3.05, 3.63) is 45.9 Å². The first-order chi connectivity index (χ1) is 8.58. The predicted molar refractivity (Wildman–Crippen MR) is 66.8 cm³/mol. The Labute approximate surface area is 107 Å². The van der Waals surface area contributed by atoms with Gasteiger partial charge in [-0.3, -0.25) is 4.57 Å². The van der Waals surface area contributed by atoms with Crippen molar-refractivity contribution >= 4 is 17.7 Å². The van der Waals surface area contributed by atoms with Gasteiger partial charge in [0.2, 0.25) is 0 Å². The van der Waals surface area contributed by atoms with Crippen LogP contribution < -0.4 is 5.69 Å². The maximum absolute atomic E-state index is 11.1. The van der Waals surface area contributed by atoms with Crippen LogP contribution in [-0.2, 0) is 12.8 Å². The molecule has 7 heteroatoms. The molecule has 0 amide bonds. The fourth-order valence-electron chi connectivity index (χ4n) is 1.35. The molecule has 2 rings (SSSR count). The zero-order valence-electron chi connectivity index (χ0n) is 9.58. The van der Waals surface area contributed by atoms with Crippen molar-refractivity contribution in [3.8, 4) is 0 Å². The van der Waals surface area contributed by atoms with Gasteiger partial charge in [-0.2, -0.15) is 0 Å². The fraction of sp³-hybridized carbons (Fsp3) is 0.182. The van der Waals surface area contributed by atoms with Gasteiger partial charge in [0.25, 0.3) is 0 Å². The molecule has 2 aromatic rings. The van der Waals surface area contributed by atoms with Crippen molar-refractivity contribution in [3.63, 3.8) is 0 Å². The number of aromatic nitrogens is 3. The monoisotopic (exact) mass is 265 g/mol. The number of hydrogen-bond acceptors (Lipinski definition) is 4. The van der Waals surface area contributed by atoms with Gasteiger partial charge in [0.15, 0.2) is 5.16 Å². The van der Waals surface area contributed by atoms with Gasteiger partial charge >= 0.3 is 11.7 Å². The molecule has 0 radical (unpaired) electrons. The summed E-state index contributed by atoms with van der Waals surface area (Å²) in [5.41, 5.74) is 0.982. The molecule has 0 fully saturated rings. The number of carbonyl (C=O) groups is 1. The molecule has 0 aliphatic carbocycles. The van der Waals surface area contributed by atoms with E-state index in [0.717, 1.165) is 5.56 Å². The SMILES string of the molecule is Cn1c(SCc2ccc(C(=O)O)cc2)n[nH]c1=O. The van der Waals surface area contributed by atoms with Crippen molar-refractivity contribution in [1.82, 2.24) is 14.8 Å². The Morgan fingerprint density at radius 3 is 2.61 bits per heavy atom. The Hall–Kier alpha value is -2.02. The number of carboxylic acids is 1.